The summed E-state index contributed by atoms with van der Waals surface area (Å²) in [4.78, 5) is 0. The Labute approximate surface area is 67.4 Å². The molecule has 0 amide bonds. The molecule has 0 heterocycles. The number of hydrogen-bond donors (Lipinski definition) is 2. The second-order valence-electron chi connectivity index (χ2n) is 2.80. The number of rotatable bonds is 3. The standard InChI is InChI=1S/C9H15NO/c10-9(6-7-11)8-4-2-1-3-5-8/h2,4-5,9,11H,1,3,6-7,10H2. The summed E-state index contributed by atoms with van der Waals surface area (Å²) in [6.45, 7) is 0.173. The molecule has 2 nitrogen and oxygen atoms in total. The van der Waals surface area contributed by atoms with Gasteiger partial charge in [-0.05, 0) is 24.8 Å². The van der Waals surface area contributed by atoms with Crippen molar-refractivity contribution in [2.75, 3.05) is 6.61 Å². The molecule has 11 heavy (non-hydrogen) atoms. The van der Waals surface area contributed by atoms with E-state index in [-0.39, 0.29) is 12.6 Å². The van der Waals surface area contributed by atoms with Crippen molar-refractivity contribution < 1.29 is 5.11 Å². The van der Waals surface area contributed by atoms with Gasteiger partial charge in [-0.2, -0.15) is 0 Å². The maximum atomic E-state index is 8.64. The third-order valence-electron chi connectivity index (χ3n) is 1.89. The van der Waals surface area contributed by atoms with Gasteiger partial charge in [-0.3, -0.25) is 0 Å². The molecule has 0 bridgehead atoms. The fourth-order valence-electron chi connectivity index (χ4n) is 1.21. The molecule has 0 fully saturated rings. The van der Waals surface area contributed by atoms with Gasteiger partial charge in [0, 0.05) is 12.6 Å². The van der Waals surface area contributed by atoms with Crippen LogP contribution in [-0.4, -0.2) is 17.8 Å². The van der Waals surface area contributed by atoms with Gasteiger partial charge in [-0.25, -0.2) is 0 Å². The molecule has 0 aromatic carbocycles. The van der Waals surface area contributed by atoms with Crippen molar-refractivity contribution in [3.8, 4) is 0 Å². The normalized spacial score (nSPS) is 19.6. The molecule has 0 saturated heterocycles. The van der Waals surface area contributed by atoms with Crippen LogP contribution in [0.4, 0.5) is 0 Å². The molecule has 0 aromatic rings. The summed E-state index contributed by atoms with van der Waals surface area (Å²) in [5.74, 6) is 0. The van der Waals surface area contributed by atoms with Gasteiger partial charge in [0.25, 0.3) is 0 Å². The summed E-state index contributed by atoms with van der Waals surface area (Å²) in [6.07, 6.45) is 9.22. The van der Waals surface area contributed by atoms with Gasteiger partial charge in [0.2, 0.25) is 0 Å². The fourth-order valence-corrected chi connectivity index (χ4v) is 1.21. The molecule has 0 spiro atoms. The SMILES string of the molecule is NC(CCO)C1=CCCC=C1. The van der Waals surface area contributed by atoms with Gasteiger partial charge in [-0.15, -0.1) is 0 Å². The lowest BCUT2D eigenvalue weighted by Crippen LogP contribution is -2.23. The first-order valence-electron chi connectivity index (χ1n) is 4.07. The van der Waals surface area contributed by atoms with E-state index in [9.17, 15) is 0 Å². The molecule has 1 aliphatic carbocycles. The number of aliphatic hydroxyl groups excluding tert-OH is 1. The number of allylic oxidation sites excluding steroid dienone is 2. The Balaban J connectivity index is 2.45. The summed E-state index contributed by atoms with van der Waals surface area (Å²) in [5, 5.41) is 8.64. The average molecular weight is 153 g/mol. The van der Waals surface area contributed by atoms with Crippen LogP contribution >= 0.6 is 0 Å². The molecule has 1 rings (SSSR count). The van der Waals surface area contributed by atoms with Crippen molar-refractivity contribution in [1.29, 1.82) is 0 Å². The molecule has 1 atom stereocenters. The van der Waals surface area contributed by atoms with Crippen molar-refractivity contribution in [3.63, 3.8) is 0 Å². The zero-order valence-corrected chi connectivity index (χ0v) is 6.66. The highest BCUT2D eigenvalue weighted by Gasteiger charge is 2.06. The molecular weight excluding hydrogens is 138 g/mol. The second kappa shape index (κ2) is 4.31. The third kappa shape index (κ3) is 2.48. The van der Waals surface area contributed by atoms with Gasteiger partial charge in [0.1, 0.15) is 0 Å². The highest BCUT2D eigenvalue weighted by molar-refractivity contribution is 5.26. The van der Waals surface area contributed by atoms with E-state index in [2.05, 4.69) is 18.2 Å². The first kappa shape index (κ1) is 8.50. The Hall–Kier alpha value is -0.600. The quantitative estimate of drug-likeness (QED) is 0.634. The fraction of sp³-hybridized carbons (Fsp3) is 0.556. The maximum Gasteiger partial charge on any atom is 0.0449 e. The molecule has 1 aliphatic rings. The average Bonchev–Trinajstić information content (AvgIpc) is 2.07. The summed E-state index contributed by atoms with van der Waals surface area (Å²) in [5.41, 5.74) is 6.95. The highest BCUT2D eigenvalue weighted by atomic mass is 16.3. The lowest BCUT2D eigenvalue weighted by Gasteiger charge is -2.13. The van der Waals surface area contributed by atoms with E-state index in [4.69, 9.17) is 10.8 Å². The topological polar surface area (TPSA) is 46.2 Å². The molecule has 0 aromatic heterocycles. The van der Waals surface area contributed by atoms with Crippen LogP contribution in [0.25, 0.3) is 0 Å². The molecule has 3 N–H and O–H groups in total. The Kier molecular flexibility index (Phi) is 3.33. The van der Waals surface area contributed by atoms with Gasteiger partial charge in [0.15, 0.2) is 0 Å². The van der Waals surface area contributed by atoms with Crippen LogP contribution < -0.4 is 5.73 Å². The maximum absolute atomic E-state index is 8.64. The molecule has 0 aliphatic heterocycles. The van der Waals surface area contributed by atoms with E-state index in [0.29, 0.717) is 6.42 Å². The van der Waals surface area contributed by atoms with Crippen molar-refractivity contribution in [1.82, 2.24) is 0 Å². The third-order valence-corrected chi connectivity index (χ3v) is 1.89. The zero-order valence-electron chi connectivity index (χ0n) is 6.66. The lowest BCUT2D eigenvalue weighted by molar-refractivity contribution is 0.281. The predicted octanol–water partition coefficient (Wildman–Crippen LogP) is 0.972. The largest absolute Gasteiger partial charge is 0.396 e. The predicted molar refractivity (Wildman–Crippen MR) is 46.1 cm³/mol. The van der Waals surface area contributed by atoms with Crippen LogP contribution in [-0.2, 0) is 0 Å². The van der Waals surface area contributed by atoms with Crippen LogP contribution in [0.1, 0.15) is 19.3 Å². The minimum atomic E-state index is 0.0246. The van der Waals surface area contributed by atoms with Crippen LogP contribution in [0.5, 0.6) is 0 Å². The molecular formula is C9H15NO. The molecule has 0 radical (unpaired) electrons. The molecule has 62 valence electrons. The van der Waals surface area contributed by atoms with Crippen molar-refractivity contribution in [3.05, 3.63) is 23.8 Å². The summed E-state index contributed by atoms with van der Waals surface area (Å²) >= 11 is 0. The molecule has 2 heteroatoms. The van der Waals surface area contributed by atoms with Crippen LogP contribution in [0.15, 0.2) is 23.8 Å². The van der Waals surface area contributed by atoms with Crippen LogP contribution in [0, 0.1) is 0 Å². The molecule has 0 saturated carbocycles. The van der Waals surface area contributed by atoms with Gasteiger partial charge >= 0.3 is 0 Å². The van der Waals surface area contributed by atoms with Gasteiger partial charge < -0.3 is 10.8 Å². The minimum Gasteiger partial charge on any atom is -0.396 e. The van der Waals surface area contributed by atoms with Crippen molar-refractivity contribution >= 4 is 0 Å². The lowest BCUT2D eigenvalue weighted by atomic mass is 9.99. The second-order valence-corrected chi connectivity index (χ2v) is 2.80. The number of hydrogen-bond acceptors (Lipinski definition) is 2. The monoisotopic (exact) mass is 153 g/mol. The Morgan fingerprint density at radius 2 is 2.36 bits per heavy atom. The first-order chi connectivity index (χ1) is 5.34. The Morgan fingerprint density at radius 3 is 2.91 bits per heavy atom. The van der Waals surface area contributed by atoms with Crippen LogP contribution in [0.2, 0.25) is 0 Å². The Morgan fingerprint density at radius 1 is 1.55 bits per heavy atom. The molecule has 1 unspecified atom stereocenters. The van der Waals surface area contributed by atoms with E-state index < -0.39 is 0 Å². The summed E-state index contributed by atoms with van der Waals surface area (Å²) in [7, 11) is 0. The zero-order chi connectivity index (χ0) is 8.10. The minimum absolute atomic E-state index is 0.0246. The van der Waals surface area contributed by atoms with Gasteiger partial charge in [0.05, 0.1) is 0 Å². The summed E-state index contributed by atoms with van der Waals surface area (Å²) in [6, 6.07) is 0.0246. The van der Waals surface area contributed by atoms with Crippen LogP contribution in [0.3, 0.4) is 0 Å². The number of nitrogens with two attached hydrogens (primary N) is 1. The van der Waals surface area contributed by atoms with Crippen molar-refractivity contribution in [2.24, 2.45) is 5.73 Å². The van der Waals surface area contributed by atoms with E-state index in [1.54, 1.807) is 0 Å². The first-order valence-corrected chi connectivity index (χ1v) is 4.07. The van der Waals surface area contributed by atoms with E-state index >= 15 is 0 Å². The Bertz CT molecular complexity index is 172. The van der Waals surface area contributed by atoms with E-state index in [1.165, 1.54) is 5.57 Å². The summed E-state index contributed by atoms with van der Waals surface area (Å²) < 4.78 is 0. The smallest absolute Gasteiger partial charge is 0.0449 e. The van der Waals surface area contributed by atoms with E-state index in [0.717, 1.165) is 12.8 Å². The van der Waals surface area contributed by atoms with Crippen molar-refractivity contribution in [2.45, 2.75) is 25.3 Å². The highest BCUT2D eigenvalue weighted by Crippen LogP contribution is 2.13. The van der Waals surface area contributed by atoms with Gasteiger partial charge in [-0.1, -0.05) is 18.2 Å². The van der Waals surface area contributed by atoms with E-state index in [1.807, 2.05) is 0 Å². The number of aliphatic hydroxyl groups is 1.